The van der Waals surface area contributed by atoms with Crippen molar-refractivity contribution in [3.05, 3.63) is 0 Å². The quantitative estimate of drug-likeness (QED) is 0.511. The van der Waals surface area contributed by atoms with Crippen molar-refractivity contribution < 1.29 is 19.5 Å². The molecule has 0 spiro atoms. The zero-order chi connectivity index (χ0) is 10.7. The van der Waals surface area contributed by atoms with Crippen molar-refractivity contribution in [2.75, 3.05) is 5.75 Å². The average Bonchev–Trinajstić information content (AvgIpc) is 2.10. The molecule has 1 atom stereocenters. The number of imide groups is 1. The van der Waals surface area contributed by atoms with Gasteiger partial charge in [0.15, 0.2) is 0 Å². The zero-order valence-electron chi connectivity index (χ0n) is 7.47. The van der Waals surface area contributed by atoms with Gasteiger partial charge in [0.1, 0.15) is 6.04 Å². The highest BCUT2D eigenvalue weighted by molar-refractivity contribution is 7.80. The van der Waals surface area contributed by atoms with E-state index < -0.39 is 23.8 Å². The van der Waals surface area contributed by atoms with E-state index >= 15 is 0 Å². The molecule has 6 heteroatoms. The number of rotatable bonds is 3. The molecule has 1 fully saturated rings. The highest BCUT2D eigenvalue weighted by atomic mass is 32.1. The number of carbonyl (C=O) groups is 3. The molecule has 0 aromatic carbocycles. The first-order valence-corrected chi connectivity index (χ1v) is 4.89. The van der Waals surface area contributed by atoms with Gasteiger partial charge in [0.2, 0.25) is 11.8 Å². The maximum Gasteiger partial charge on any atom is 0.327 e. The lowest BCUT2D eigenvalue weighted by molar-refractivity contribution is -0.159. The number of hydrogen-bond donors (Lipinski definition) is 2. The molecule has 1 N–H and O–H groups in total. The van der Waals surface area contributed by atoms with Gasteiger partial charge in [-0.2, -0.15) is 12.6 Å². The summed E-state index contributed by atoms with van der Waals surface area (Å²) in [5.74, 6) is -2.07. The maximum absolute atomic E-state index is 11.3. The van der Waals surface area contributed by atoms with Crippen molar-refractivity contribution in [3.63, 3.8) is 0 Å². The molecule has 0 unspecified atom stereocenters. The van der Waals surface area contributed by atoms with E-state index in [1.807, 2.05) is 0 Å². The molecule has 0 aromatic rings. The van der Waals surface area contributed by atoms with Crippen LogP contribution in [-0.4, -0.2) is 39.6 Å². The van der Waals surface area contributed by atoms with Gasteiger partial charge in [-0.1, -0.05) is 0 Å². The molecule has 5 nitrogen and oxygen atoms in total. The van der Waals surface area contributed by atoms with Crippen LogP contribution in [0.3, 0.4) is 0 Å². The van der Waals surface area contributed by atoms with Gasteiger partial charge in [0.25, 0.3) is 0 Å². The number of carboxylic acid groups (broad SMARTS) is 1. The first-order valence-electron chi connectivity index (χ1n) is 4.26. The second kappa shape index (κ2) is 4.45. The lowest BCUT2D eigenvalue weighted by Crippen LogP contribution is -2.51. The van der Waals surface area contributed by atoms with Crippen LogP contribution in [0.1, 0.15) is 19.3 Å². The molecule has 1 aliphatic rings. The van der Waals surface area contributed by atoms with Crippen LogP contribution in [0.5, 0.6) is 0 Å². The largest absolute Gasteiger partial charge is 0.480 e. The van der Waals surface area contributed by atoms with E-state index in [-0.39, 0.29) is 18.6 Å². The molecule has 2 amide bonds. The predicted molar refractivity (Wildman–Crippen MR) is 51.0 cm³/mol. The van der Waals surface area contributed by atoms with Crippen LogP contribution in [0.2, 0.25) is 0 Å². The number of thiol groups is 1. The summed E-state index contributed by atoms with van der Waals surface area (Å²) in [6.45, 7) is 0. The van der Waals surface area contributed by atoms with Crippen molar-refractivity contribution >= 4 is 30.4 Å². The molecular formula is C8H11NO4S. The fraction of sp³-hybridized carbons (Fsp3) is 0.625. The summed E-state index contributed by atoms with van der Waals surface area (Å²) in [7, 11) is 0. The summed E-state index contributed by atoms with van der Waals surface area (Å²) in [6.07, 6.45) is 0.986. The fourth-order valence-electron chi connectivity index (χ4n) is 1.39. The van der Waals surface area contributed by atoms with Crippen LogP contribution in [-0.2, 0) is 14.4 Å². The van der Waals surface area contributed by atoms with Gasteiger partial charge < -0.3 is 5.11 Å². The highest BCUT2D eigenvalue weighted by Crippen LogP contribution is 2.16. The third-order valence-corrected chi connectivity index (χ3v) is 2.43. The molecule has 14 heavy (non-hydrogen) atoms. The number of piperidine rings is 1. The van der Waals surface area contributed by atoms with Gasteiger partial charge in [0.05, 0.1) is 0 Å². The predicted octanol–water partition coefficient (Wildman–Crippen LogP) is -0.0915. The molecule has 78 valence electrons. The van der Waals surface area contributed by atoms with Crippen molar-refractivity contribution in [3.8, 4) is 0 Å². The summed E-state index contributed by atoms with van der Waals surface area (Å²) < 4.78 is 0. The van der Waals surface area contributed by atoms with Crippen LogP contribution in [0.25, 0.3) is 0 Å². The van der Waals surface area contributed by atoms with E-state index in [0.29, 0.717) is 6.42 Å². The van der Waals surface area contributed by atoms with E-state index in [1.165, 1.54) is 0 Å². The molecule has 0 aromatic heterocycles. The lowest BCUT2D eigenvalue weighted by atomic mass is 10.1. The summed E-state index contributed by atoms with van der Waals surface area (Å²) >= 11 is 3.82. The third-order valence-electron chi connectivity index (χ3n) is 2.09. The minimum atomic E-state index is -1.19. The molecule has 0 radical (unpaired) electrons. The Morgan fingerprint density at radius 1 is 1.43 bits per heavy atom. The molecule has 1 aliphatic heterocycles. The van der Waals surface area contributed by atoms with E-state index in [4.69, 9.17) is 5.11 Å². The molecule has 1 heterocycles. The third kappa shape index (κ3) is 2.06. The van der Waals surface area contributed by atoms with Crippen molar-refractivity contribution in [2.45, 2.75) is 25.3 Å². The van der Waals surface area contributed by atoms with Gasteiger partial charge in [-0.3, -0.25) is 14.5 Å². The van der Waals surface area contributed by atoms with Gasteiger partial charge >= 0.3 is 5.97 Å². The summed E-state index contributed by atoms with van der Waals surface area (Å²) in [4.78, 5) is 34.2. The zero-order valence-corrected chi connectivity index (χ0v) is 8.37. The monoisotopic (exact) mass is 217 g/mol. The van der Waals surface area contributed by atoms with Crippen molar-refractivity contribution in [2.24, 2.45) is 0 Å². The summed E-state index contributed by atoms with van der Waals surface area (Å²) in [5.41, 5.74) is 0. The molecule has 1 rings (SSSR count). The Morgan fingerprint density at radius 2 is 1.93 bits per heavy atom. The Labute approximate surface area is 86.5 Å². The van der Waals surface area contributed by atoms with E-state index in [2.05, 4.69) is 12.6 Å². The number of hydrogen-bond acceptors (Lipinski definition) is 4. The lowest BCUT2D eigenvalue weighted by Gasteiger charge is -2.29. The minimum absolute atomic E-state index is 0.0488. The SMILES string of the molecule is O=C(O)[C@H](CS)N1C(=O)CCCC1=O. The van der Waals surface area contributed by atoms with Crippen LogP contribution in [0.4, 0.5) is 0 Å². The number of carboxylic acids is 1. The number of nitrogens with zero attached hydrogens (tertiary/aromatic N) is 1. The average molecular weight is 217 g/mol. The Morgan fingerprint density at radius 3 is 2.29 bits per heavy atom. The second-order valence-corrected chi connectivity index (χ2v) is 3.41. The van der Waals surface area contributed by atoms with Gasteiger partial charge in [0, 0.05) is 18.6 Å². The van der Waals surface area contributed by atoms with Crippen molar-refractivity contribution in [1.29, 1.82) is 0 Å². The van der Waals surface area contributed by atoms with Crippen LogP contribution < -0.4 is 0 Å². The molecule has 0 bridgehead atoms. The summed E-state index contributed by atoms with van der Waals surface area (Å²) in [5, 5.41) is 8.77. The number of carbonyl (C=O) groups excluding carboxylic acids is 2. The Balaban J connectivity index is 2.85. The van der Waals surface area contributed by atoms with E-state index in [9.17, 15) is 14.4 Å². The first-order chi connectivity index (χ1) is 6.57. The normalized spacial score (nSPS) is 19.6. The number of aliphatic carboxylic acids is 1. The summed E-state index contributed by atoms with van der Waals surface area (Å²) in [6, 6.07) is -1.13. The smallest absolute Gasteiger partial charge is 0.327 e. The van der Waals surface area contributed by atoms with Gasteiger partial charge in [-0.25, -0.2) is 4.79 Å². The maximum atomic E-state index is 11.3. The van der Waals surface area contributed by atoms with Crippen LogP contribution in [0, 0.1) is 0 Å². The molecule has 1 saturated heterocycles. The highest BCUT2D eigenvalue weighted by Gasteiger charge is 2.35. The standard InChI is InChI=1S/C8H11NO4S/c10-6-2-1-3-7(11)9(6)5(4-14)8(12)13/h5,14H,1-4H2,(H,12,13)/t5-/m0/s1. The Hall–Kier alpha value is -1.04. The second-order valence-electron chi connectivity index (χ2n) is 3.05. The molecule has 0 aliphatic carbocycles. The Bertz CT molecular complexity index is 263. The number of amides is 2. The van der Waals surface area contributed by atoms with Crippen LogP contribution >= 0.6 is 12.6 Å². The minimum Gasteiger partial charge on any atom is -0.480 e. The molecular weight excluding hydrogens is 206 g/mol. The van der Waals surface area contributed by atoms with Gasteiger partial charge in [-0.15, -0.1) is 0 Å². The van der Waals surface area contributed by atoms with Crippen LogP contribution in [0.15, 0.2) is 0 Å². The van der Waals surface area contributed by atoms with Gasteiger partial charge in [-0.05, 0) is 6.42 Å². The van der Waals surface area contributed by atoms with Crippen molar-refractivity contribution in [1.82, 2.24) is 4.90 Å². The number of likely N-dealkylation sites (tertiary alicyclic amines) is 1. The molecule has 0 saturated carbocycles. The van der Waals surface area contributed by atoms with E-state index in [1.54, 1.807) is 0 Å². The fourth-order valence-corrected chi connectivity index (χ4v) is 1.71. The Kier molecular flexibility index (Phi) is 3.51. The van der Waals surface area contributed by atoms with E-state index in [0.717, 1.165) is 4.90 Å². The topological polar surface area (TPSA) is 74.7 Å². The first kappa shape index (κ1) is 11.0.